The van der Waals surface area contributed by atoms with Gasteiger partial charge < -0.3 is 9.80 Å². The highest BCUT2D eigenvalue weighted by atomic mass is 35.5. The highest BCUT2D eigenvalue weighted by Crippen LogP contribution is 2.22. The first-order valence-electron chi connectivity index (χ1n) is 8.64. The predicted molar refractivity (Wildman–Crippen MR) is 109 cm³/mol. The standard InChI is InChI=1S/C20H23Cl2N3O2/c1-4-18(26)24-9-11-25(12-10-24)19(27)14-23-20(2,3)8-7-15-5-6-16(21)17(22)13-15/h4-6,13,23H,1,9-12,14H2,2-3H3. The Morgan fingerprint density at radius 3 is 2.41 bits per heavy atom. The molecule has 1 heterocycles. The first-order valence-corrected chi connectivity index (χ1v) is 9.40. The van der Waals surface area contributed by atoms with E-state index in [9.17, 15) is 9.59 Å². The summed E-state index contributed by atoms with van der Waals surface area (Å²) in [7, 11) is 0. The Labute approximate surface area is 170 Å². The molecule has 1 saturated heterocycles. The summed E-state index contributed by atoms with van der Waals surface area (Å²) in [5.41, 5.74) is 0.205. The van der Waals surface area contributed by atoms with Crippen molar-refractivity contribution in [2.24, 2.45) is 0 Å². The van der Waals surface area contributed by atoms with Gasteiger partial charge in [0.2, 0.25) is 11.8 Å². The summed E-state index contributed by atoms with van der Waals surface area (Å²) in [5, 5.41) is 4.12. The Bertz CT molecular complexity index is 788. The zero-order chi connectivity index (χ0) is 20.0. The van der Waals surface area contributed by atoms with E-state index in [0.29, 0.717) is 36.2 Å². The molecule has 2 rings (SSSR count). The Balaban J connectivity index is 1.87. The molecule has 0 radical (unpaired) electrons. The van der Waals surface area contributed by atoms with Gasteiger partial charge in [-0.15, -0.1) is 0 Å². The maximum Gasteiger partial charge on any atom is 0.246 e. The van der Waals surface area contributed by atoms with Crippen molar-refractivity contribution >= 4 is 35.0 Å². The molecular weight excluding hydrogens is 385 g/mol. The normalized spacial score (nSPS) is 14.4. The number of carbonyl (C=O) groups excluding carboxylic acids is 2. The zero-order valence-corrected chi connectivity index (χ0v) is 17.0. The van der Waals surface area contributed by atoms with Gasteiger partial charge in [0, 0.05) is 31.7 Å². The molecule has 1 N–H and O–H groups in total. The number of piperazine rings is 1. The van der Waals surface area contributed by atoms with E-state index < -0.39 is 5.54 Å². The van der Waals surface area contributed by atoms with Crippen molar-refractivity contribution in [3.8, 4) is 11.8 Å². The highest BCUT2D eigenvalue weighted by molar-refractivity contribution is 6.42. The van der Waals surface area contributed by atoms with Crippen LogP contribution in [0.15, 0.2) is 30.9 Å². The molecule has 5 nitrogen and oxygen atoms in total. The summed E-state index contributed by atoms with van der Waals surface area (Å²) < 4.78 is 0. The molecule has 0 aromatic heterocycles. The lowest BCUT2D eigenvalue weighted by Crippen LogP contribution is -2.53. The molecule has 144 valence electrons. The molecule has 1 aliphatic heterocycles. The molecule has 2 amide bonds. The number of hydrogen-bond donors (Lipinski definition) is 1. The lowest BCUT2D eigenvalue weighted by molar-refractivity contribution is -0.136. The summed E-state index contributed by atoms with van der Waals surface area (Å²) in [6.45, 7) is 9.58. The maximum absolute atomic E-state index is 12.4. The predicted octanol–water partition coefficient (Wildman–Crippen LogP) is 2.57. The van der Waals surface area contributed by atoms with Crippen molar-refractivity contribution in [3.05, 3.63) is 46.5 Å². The fourth-order valence-electron chi connectivity index (χ4n) is 2.56. The molecule has 1 fully saturated rings. The third kappa shape index (κ3) is 6.28. The van der Waals surface area contributed by atoms with Crippen LogP contribution in [0.5, 0.6) is 0 Å². The van der Waals surface area contributed by atoms with E-state index in [1.54, 1.807) is 28.0 Å². The monoisotopic (exact) mass is 407 g/mol. The van der Waals surface area contributed by atoms with Crippen LogP contribution in [0.2, 0.25) is 10.0 Å². The van der Waals surface area contributed by atoms with E-state index in [1.165, 1.54) is 6.08 Å². The molecule has 1 aliphatic rings. The molecule has 1 aromatic rings. The number of carbonyl (C=O) groups is 2. The molecule has 1 aromatic carbocycles. The second-order valence-corrected chi connectivity index (χ2v) is 7.58. The number of rotatable bonds is 4. The molecule has 0 spiro atoms. The first kappa shape index (κ1) is 21.3. The minimum atomic E-state index is -0.553. The largest absolute Gasteiger partial charge is 0.338 e. The summed E-state index contributed by atoms with van der Waals surface area (Å²) in [5.74, 6) is 6.05. The molecule has 0 bridgehead atoms. The van der Waals surface area contributed by atoms with E-state index in [4.69, 9.17) is 23.2 Å². The van der Waals surface area contributed by atoms with Gasteiger partial charge >= 0.3 is 0 Å². The Hall–Kier alpha value is -2.00. The van der Waals surface area contributed by atoms with Gasteiger partial charge in [-0.05, 0) is 38.1 Å². The van der Waals surface area contributed by atoms with E-state index in [2.05, 4.69) is 23.7 Å². The molecule has 0 saturated carbocycles. The third-order valence-corrected chi connectivity index (χ3v) is 4.98. The number of amides is 2. The fraction of sp³-hybridized carbons (Fsp3) is 0.400. The molecule has 0 atom stereocenters. The summed E-state index contributed by atoms with van der Waals surface area (Å²) >= 11 is 11.9. The lowest BCUT2D eigenvalue weighted by Gasteiger charge is -2.34. The quantitative estimate of drug-likeness (QED) is 0.616. The van der Waals surface area contributed by atoms with E-state index >= 15 is 0 Å². The van der Waals surface area contributed by atoms with Crippen LogP contribution in [-0.2, 0) is 9.59 Å². The maximum atomic E-state index is 12.4. The van der Waals surface area contributed by atoms with Crippen molar-refractivity contribution in [3.63, 3.8) is 0 Å². The zero-order valence-electron chi connectivity index (χ0n) is 15.5. The van der Waals surface area contributed by atoms with Gasteiger partial charge in [0.25, 0.3) is 0 Å². The van der Waals surface area contributed by atoms with Gasteiger partial charge in [-0.1, -0.05) is 41.6 Å². The van der Waals surface area contributed by atoms with Gasteiger partial charge in [0.05, 0.1) is 22.1 Å². The van der Waals surface area contributed by atoms with E-state index in [1.807, 2.05) is 13.8 Å². The first-order chi connectivity index (χ1) is 12.7. The lowest BCUT2D eigenvalue weighted by atomic mass is 10.1. The minimum absolute atomic E-state index is 0.00915. The van der Waals surface area contributed by atoms with Crippen molar-refractivity contribution in [2.45, 2.75) is 19.4 Å². The Morgan fingerprint density at radius 2 is 1.81 bits per heavy atom. The Kier molecular flexibility index (Phi) is 7.32. The SMILES string of the molecule is C=CC(=O)N1CCN(C(=O)CNC(C)(C)C#Cc2ccc(Cl)c(Cl)c2)CC1. The van der Waals surface area contributed by atoms with Gasteiger partial charge in [-0.2, -0.15) is 0 Å². The molecule has 0 unspecified atom stereocenters. The van der Waals surface area contributed by atoms with Crippen molar-refractivity contribution in [2.75, 3.05) is 32.7 Å². The minimum Gasteiger partial charge on any atom is -0.338 e. The number of halogens is 2. The van der Waals surface area contributed by atoms with Crippen LogP contribution in [0.4, 0.5) is 0 Å². The van der Waals surface area contributed by atoms with E-state index in [-0.39, 0.29) is 18.4 Å². The number of hydrogen-bond acceptors (Lipinski definition) is 3. The van der Waals surface area contributed by atoms with Crippen molar-refractivity contribution in [1.82, 2.24) is 15.1 Å². The van der Waals surface area contributed by atoms with Crippen LogP contribution in [0.25, 0.3) is 0 Å². The average molecular weight is 408 g/mol. The van der Waals surface area contributed by atoms with Gasteiger partial charge in [-0.25, -0.2) is 0 Å². The van der Waals surface area contributed by atoms with Gasteiger partial charge in [-0.3, -0.25) is 14.9 Å². The van der Waals surface area contributed by atoms with E-state index in [0.717, 1.165) is 5.56 Å². The van der Waals surface area contributed by atoms with Crippen molar-refractivity contribution < 1.29 is 9.59 Å². The topological polar surface area (TPSA) is 52.7 Å². The summed E-state index contributed by atoms with van der Waals surface area (Å²) in [6, 6.07) is 5.21. The molecule has 27 heavy (non-hydrogen) atoms. The molecule has 7 heteroatoms. The Morgan fingerprint density at radius 1 is 1.19 bits per heavy atom. The number of nitrogens with one attached hydrogen (secondary N) is 1. The van der Waals surface area contributed by atoms with Crippen LogP contribution < -0.4 is 5.32 Å². The number of benzene rings is 1. The highest BCUT2D eigenvalue weighted by Gasteiger charge is 2.24. The number of nitrogens with zero attached hydrogens (tertiary/aromatic N) is 2. The van der Waals surface area contributed by atoms with Crippen LogP contribution in [0.3, 0.4) is 0 Å². The molecular formula is C20H23Cl2N3O2. The summed E-state index contributed by atoms with van der Waals surface area (Å²) in [6.07, 6.45) is 1.30. The van der Waals surface area contributed by atoms with Crippen molar-refractivity contribution in [1.29, 1.82) is 0 Å². The van der Waals surface area contributed by atoms with Gasteiger partial charge in [0.1, 0.15) is 0 Å². The van der Waals surface area contributed by atoms with Gasteiger partial charge in [0.15, 0.2) is 0 Å². The van der Waals surface area contributed by atoms with Crippen LogP contribution >= 0.6 is 23.2 Å². The van der Waals surface area contributed by atoms with Crippen LogP contribution in [0.1, 0.15) is 19.4 Å². The average Bonchev–Trinajstić information content (AvgIpc) is 2.66. The second-order valence-electron chi connectivity index (χ2n) is 6.77. The fourth-order valence-corrected chi connectivity index (χ4v) is 2.86. The smallest absolute Gasteiger partial charge is 0.246 e. The summed E-state index contributed by atoms with van der Waals surface area (Å²) in [4.78, 5) is 27.4. The second kappa shape index (κ2) is 9.27. The van der Waals surface area contributed by atoms with Crippen LogP contribution in [0, 0.1) is 11.8 Å². The molecule has 0 aliphatic carbocycles. The third-order valence-electron chi connectivity index (χ3n) is 4.24. The van der Waals surface area contributed by atoms with Crippen LogP contribution in [-0.4, -0.2) is 59.9 Å².